The van der Waals surface area contributed by atoms with Gasteiger partial charge in [-0.15, -0.1) is 0 Å². The van der Waals surface area contributed by atoms with Crippen LogP contribution in [0.4, 0.5) is 0 Å². The first-order valence-corrected chi connectivity index (χ1v) is 7.02. The van der Waals surface area contributed by atoms with E-state index in [1.165, 1.54) is 45.2 Å². The van der Waals surface area contributed by atoms with Crippen LogP contribution in [-0.4, -0.2) is 31.6 Å². The SMILES string of the molecule is CC(C)C(CN)CN(C)CCC1CCCC1. The van der Waals surface area contributed by atoms with Gasteiger partial charge in [0.1, 0.15) is 0 Å². The van der Waals surface area contributed by atoms with Crippen molar-refractivity contribution in [1.82, 2.24) is 4.90 Å². The fourth-order valence-electron chi connectivity index (χ4n) is 2.75. The first-order valence-electron chi connectivity index (χ1n) is 7.02. The molecule has 0 aromatic carbocycles. The van der Waals surface area contributed by atoms with Crippen molar-refractivity contribution in [3.05, 3.63) is 0 Å². The van der Waals surface area contributed by atoms with Gasteiger partial charge in [-0.1, -0.05) is 39.5 Å². The van der Waals surface area contributed by atoms with E-state index in [0.717, 1.165) is 12.5 Å². The van der Waals surface area contributed by atoms with Gasteiger partial charge in [0.25, 0.3) is 0 Å². The van der Waals surface area contributed by atoms with E-state index < -0.39 is 0 Å². The molecular formula is C14H30N2. The Morgan fingerprint density at radius 1 is 1.25 bits per heavy atom. The summed E-state index contributed by atoms with van der Waals surface area (Å²) in [7, 11) is 2.25. The normalized spacial score (nSPS) is 19.9. The average molecular weight is 226 g/mol. The largest absolute Gasteiger partial charge is 0.330 e. The minimum Gasteiger partial charge on any atom is -0.330 e. The average Bonchev–Trinajstić information content (AvgIpc) is 2.75. The van der Waals surface area contributed by atoms with Gasteiger partial charge < -0.3 is 10.6 Å². The molecular weight excluding hydrogens is 196 g/mol. The maximum atomic E-state index is 5.81. The fourth-order valence-corrected chi connectivity index (χ4v) is 2.75. The molecule has 1 unspecified atom stereocenters. The van der Waals surface area contributed by atoms with Crippen LogP contribution in [0.3, 0.4) is 0 Å². The lowest BCUT2D eigenvalue weighted by molar-refractivity contribution is 0.227. The molecule has 0 aromatic heterocycles. The van der Waals surface area contributed by atoms with E-state index in [-0.39, 0.29) is 0 Å². The van der Waals surface area contributed by atoms with Gasteiger partial charge in [0, 0.05) is 6.54 Å². The Hall–Kier alpha value is -0.0800. The Bertz CT molecular complexity index is 174. The molecule has 0 bridgehead atoms. The van der Waals surface area contributed by atoms with Crippen molar-refractivity contribution >= 4 is 0 Å². The molecule has 0 amide bonds. The molecule has 1 rings (SSSR count). The Balaban J connectivity index is 2.15. The second-order valence-electron chi connectivity index (χ2n) is 5.94. The topological polar surface area (TPSA) is 29.3 Å². The predicted molar refractivity (Wildman–Crippen MR) is 71.5 cm³/mol. The van der Waals surface area contributed by atoms with Crippen molar-refractivity contribution < 1.29 is 0 Å². The van der Waals surface area contributed by atoms with Crippen molar-refractivity contribution in [2.45, 2.75) is 46.0 Å². The van der Waals surface area contributed by atoms with E-state index >= 15 is 0 Å². The Labute approximate surface area is 102 Å². The third-order valence-corrected chi connectivity index (χ3v) is 4.19. The molecule has 0 radical (unpaired) electrons. The van der Waals surface area contributed by atoms with E-state index in [4.69, 9.17) is 5.73 Å². The van der Waals surface area contributed by atoms with Gasteiger partial charge in [-0.05, 0) is 44.3 Å². The van der Waals surface area contributed by atoms with Gasteiger partial charge in [-0.3, -0.25) is 0 Å². The summed E-state index contributed by atoms with van der Waals surface area (Å²) < 4.78 is 0. The van der Waals surface area contributed by atoms with Gasteiger partial charge >= 0.3 is 0 Å². The molecule has 0 spiro atoms. The summed E-state index contributed by atoms with van der Waals surface area (Å²) in [5.74, 6) is 2.38. The molecule has 1 aliphatic carbocycles. The number of nitrogens with zero attached hydrogens (tertiary/aromatic N) is 1. The zero-order valence-corrected chi connectivity index (χ0v) is 11.4. The standard InChI is InChI=1S/C14H30N2/c1-12(2)14(10-15)11-16(3)9-8-13-6-4-5-7-13/h12-14H,4-11,15H2,1-3H3. The highest BCUT2D eigenvalue weighted by Crippen LogP contribution is 2.27. The Morgan fingerprint density at radius 3 is 2.38 bits per heavy atom. The molecule has 0 aliphatic heterocycles. The molecule has 1 saturated carbocycles. The molecule has 1 aliphatic rings. The predicted octanol–water partition coefficient (Wildman–Crippen LogP) is 2.73. The van der Waals surface area contributed by atoms with E-state index in [9.17, 15) is 0 Å². The third-order valence-electron chi connectivity index (χ3n) is 4.19. The van der Waals surface area contributed by atoms with Crippen LogP contribution in [0.1, 0.15) is 46.0 Å². The van der Waals surface area contributed by atoms with Crippen LogP contribution in [-0.2, 0) is 0 Å². The quantitative estimate of drug-likeness (QED) is 0.723. The molecule has 1 fully saturated rings. The summed E-state index contributed by atoms with van der Waals surface area (Å²) in [5.41, 5.74) is 5.81. The van der Waals surface area contributed by atoms with E-state index in [2.05, 4.69) is 25.8 Å². The third kappa shape index (κ3) is 4.84. The second-order valence-corrected chi connectivity index (χ2v) is 5.94. The van der Waals surface area contributed by atoms with Crippen molar-refractivity contribution in [2.75, 3.05) is 26.7 Å². The zero-order valence-electron chi connectivity index (χ0n) is 11.4. The van der Waals surface area contributed by atoms with E-state index in [0.29, 0.717) is 11.8 Å². The van der Waals surface area contributed by atoms with Crippen LogP contribution in [0, 0.1) is 17.8 Å². The Kier molecular flexibility index (Phi) is 6.37. The highest BCUT2D eigenvalue weighted by molar-refractivity contribution is 4.71. The fraction of sp³-hybridized carbons (Fsp3) is 1.00. The molecule has 2 N–H and O–H groups in total. The number of nitrogens with two attached hydrogens (primary N) is 1. The van der Waals surface area contributed by atoms with Gasteiger partial charge in [0.15, 0.2) is 0 Å². The van der Waals surface area contributed by atoms with E-state index in [1.54, 1.807) is 0 Å². The lowest BCUT2D eigenvalue weighted by Gasteiger charge is -2.26. The highest BCUT2D eigenvalue weighted by Gasteiger charge is 2.17. The van der Waals surface area contributed by atoms with Gasteiger partial charge in [-0.2, -0.15) is 0 Å². The van der Waals surface area contributed by atoms with Crippen molar-refractivity contribution in [3.63, 3.8) is 0 Å². The Morgan fingerprint density at radius 2 is 1.88 bits per heavy atom. The van der Waals surface area contributed by atoms with Crippen molar-refractivity contribution in [1.29, 1.82) is 0 Å². The smallest absolute Gasteiger partial charge is 0.00211 e. The summed E-state index contributed by atoms with van der Waals surface area (Å²) in [6.45, 7) is 7.81. The summed E-state index contributed by atoms with van der Waals surface area (Å²) in [6, 6.07) is 0. The summed E-state index contributed by atoms with van der Waals surface area (Å²) >= 11 is 0. The monoisotopic (exact) mass is 226 g/mol. The van der Waals surface area contributed by atoms with Gasteiger partial charge in [0.2, 0.25) is 0 Å². The first kappa shape index (κ1) is 14.0. The minimum absolute atomic E-state index is 0.661. The minimum atomic E-state index is 0.661. The van der Waals surface area contributed by atoms with Crippen molar-refractivity contribution in [2.24, 2.45) is 23.5 Å². The molecule has 2 nitrogen and oxygen atoms in total. The maximum Gasteiger partial charge on any atom is 0.00211 e. The molecule has 1 atom stereocenters. The molecule has 2 heteroatoms. The summed E-state index contributed by atoms with van der Waals surface area (Å²) in [5, 5.41) is 0. The van der Waals surface area contributed by atoms with E-state index in [1.807, 2.05) is 0 Å². The van der Waals surface area contributed by atoms with Crippen LogP contribution >= 0.6 is 0 Å². The van der Waals surface area contributed by atoms with Crippen LogP contribution in [0.5, 0.6) is 0 Å². The summed E-state index contributed by atoms with van der Waals surface area (Å²) in [6.07, 6.45) is 7.26. The molecule has 0 saturated heterocycles. The lowest BCUT2D eigenvalue weighted by atomic mass is 9.95. The molecule has 0 aromatic rings. The maximum absolute atomic E-state index is 5.81. The molecule has 16 heavy (non-hydrogen) atoms. The van der Waals surface area contributed by atoms with Crippen LogP contribution in [0.15, 0.2) is 0 Å². The molecule has 0 heterocycles. The molecule has 96 valence electrons. The van der Waals surface area contributed by atoms with Crippen LogP contribution in [0.2, 0.25) is 0 Å². The summed E-state index contributed by atoms with van der Waals surface area (Å²) in [4.78, 5) is 2.48. The van der Waals surface area contributed by atoms with Gasteiger partial charge in [-0.25, -0.2) is 0 Å². The highest BCUT2D eigenvalue weighted by atomic mass is 15.1. The lowest BCUT2D eigenvalue weighted by Crippen LogP contribution is -2.34. The number of hydrogen-bond acceptors (Lipinski definition) is 2. The second kappa shape index (κ2) is 7.29. The van der Waals surface area contributed by atoms with Gasteiger partial charge in [0.05, 0.1) is 0 Å². The number of rotatable bonds is 7. The van der Waals surface area contributed by atoms with Crippen LogP contribution in [0.25, 0.3) is 0 Å². The zero-order chi connectivity index (χ0) is 12.0. The van der Waals surface area contributed by atoms with Crippen molar-refractivity contribution in [3.8, 4) is 0 Å². The number of hydrogen-bond donors (Lipinski definition) is 1. The van der Waals surface area contributed by atoms with Crippen LogP contribution < -0.4 is 5.73 Å². The first-order chi connectivity index (χ1) is 7.63.